The fraction of sp³-hybridized carbons (Fsp3) is 1.00. The minimum atomic E-state index is 0.805. The summed E-state index contributed by atoms with van der Waals surface area (Å²) in [6.07, 6.45) is 4.57. The number of nitrogens with one attached hydrogen (secondary N) is 1. The third-order valence-electron chi connectivity index (χ3n) is 2.72. The van der Waals surface area contributed by atoms with Gasteiger partial charge in [0.25, 0.3) is 0 Å². The van der Waals surface area contributed by atoms with E-state index in [1.54, 1.807) is 0 Å². The van der Waals surface area contributed by atoms with E-state index in [1.165, 1.54) is 25.8 Å². The molecule has 0 radical (unpaired) electrons. The molecule has 1 N–H and O–H groups in total. The molecule has 0 atom stereocenters. The quantitative estimate of drug-likeness (QED) is 0.560. The lowest BCUT2D eigenvalue weighted by atomic mass is 9.44. The molecule has 3 aliphatic rings. The van der Waals surface area contributed by atoms with Crippen molar-refractivity contribution in [3.05, 3.63) is 0 Å². The molecule has 0 amide bonds. The summed E-state index contributed by atoms with van der Waals surface area (Å²) < 4.78 is 0. The molecule has 2 bridgehead atoms. The maximum Gasteiger partial charge on any atom is 0.000511 e. The van der Waals surface area contributed by atoms with Crippen LogP contribution in [0.25, 0.3) is 0 Å². The van der Waals surface area contributed by atoms with Gasteiger partial charge in [-0.3, -0.25) is 0 Å². The molecule has 3 aliphatic carbocycles. The predicted molar refractivity (Wildman–Crippen MR) is 33.7 cm³/mol. The molecule has 3 rings (SSSR count). The molecular formula is C7H13N. The van der Waals surface area contributed by atoms with E-state index in [1.807, 2.05) is 0 Å². The van der Waals surface area contributed by atoms with Crippen molar-refractivity contribution in [3.8, 4) is 0 Å². The fourth-order valence-corrected chi connectivity index (χ4v) is 2.25. The summed E-state index contributed by atoms with van der Waals surface area (Å²) in [5.41, 5.74) is 0.805. The Hall–Kier alpha value is -0.0400. The van der Waals surface area contributed by atoms with Gasteiger partial charge in [0.2, 0.25) is 0 Å². The molecule has 0 heterocycles. The third kappa shape index (κ3) is 0.408. The topological polar surface area (TPSA) is 12.0 Å². The summed E-state index contributed by atoms with van der Waals surface area (Å²) in [6, 6.07) is 0. The molecule has 1 nitrogen and oxygen atoms in total. The molecule has 0 spiro atoms. The van der Waals surface area contributed by atoms with Crippen LogP contribution in [0.4, 0.5) is 0 Å². The van der Waals surface area contributed by atoms with E-state index >= 15 is 0 Å². The zero-order valence-corrected chi connectivity index (χ0v) is 5.41. The van der Waals surface area contributed by atoms with E-state index in [0.29, 0.717) is 0 Å². The van der Waals surface area contributed by atoms with Crippen LogP contribution in [0.15, 0.2) is 0 Å². The van der Waals surface area contributed by atoms with E-state index in [9.17, 15) is 0 Å². The molecule has 3 saturated carbocycles. The van der Waals surface area contributed by atoms with Gasteiger partial charge in [0.05, 0.1) is 0 Å². The van der Waals surface area contributed by atoms with Crippen molar-refractivity contribution in [2.75, 3.05) is 13.6 Å². The highest BCUT2D eigenvalue weighted by Gasteiger charge is 2.55. The lowest BCUT2D eigenvalue weighted by Crippen LogP contribution is -2.56. The van der Waals surface area contributed by atoms with Gasteiger partial charge in [-0.25, -0.2) is 0 Å². The number of hydrogen-bond acceptors (Lipinski definition) is 1. The van der Waals surface area contributed by atoms with Crippen molar-refractivity contribution in [2.24, 2.45) is 11.3 Å². The second-order valence-electron chi connectivity index (χ2n) is 3.51. The minimum absolute atomic E-state index is 0.805. The van der Waals surface area contributed by atoms with Crippen LogP contribution in [0, 0.1) is 11.3 Å². The first-order valence-corrected chi connectivity index (χ1v) is 3.49. The van der Waals surface area contributed by atoms with Crippen molar-refractivity contribution < 1.29 is 0 Å². The second kappa shape index (κ2) is 1.27. The van der Waals surface area contributed by atoms with E-state index < -0.39 is 0 Å². The van der Waals surface area contributed by atoms with Gasteiger partial charge >= 0.3 is 0 Å². The van der Waals surface area contributed by atoms with Crippen molar-refractivity contribution in [1.29, 1.82) is 0 Å². The normalized spacial score (nSPS) is 49.9. The van der Waals surface area contributed by atoms with Crippen molar-refractivity contribution in [1.82, 2.24) is 5.32 Å². The molecule has 1 heteroatoms. The molecule has 0 aromatic heterocycles. The van der Waals surface area contributed by atoms with E-state index in [0.717, 1.165) is 11.3 Å². The number of hydrogen-bond donors (Lipinski definition) is 1. The highest BCUT2D eigenvalue weighted by molar-refractivity contribution is 5.07. The first-order chi connectivity index (χ1) is 3.85. The van der Waals surface area contributed by atoms with Crippen LogP contribution in [0.5, 0.6) is 0 Å². The Morgan fingerprint density at radius 1 is 1.50 bits per heavy atom. The largest absolute Gasteiger partial charge is 0.319 e. The minimum Gasteiger partial charge on any atom is -0.319 e. The number of rotatable bonds is 2. The van der Waals surface area contributed by atoms with Gasteiger partial charge in [0.1, 0.15) is 0 Å². The molecule has 3 fully saturated rings. The Morgan fingerprint density at radius 2 is 2.12 bits per heavy atom. The van der Waals surface area contributed by atoms with Crippen LogP contribution < -0.4 is 5.32 Å². The Kier molecular flexibility index (Phi) is 0.762. The third-order valence-corrected chi connectivity index (χ3v) is 2.72. The Bertz CT molecular complexity index is 91.9. The van der Waals surface area contributed by atoms with Crippen LogP contribution in [-0.4, -0.2) is 13.6 Å². The lowest BCUT2D eigenvalue weighted by molar-refractivity contribution is -0.101. The molecular weight excluding hydrogens is 98.1 g/mol. The first kappa shape index (κ1) is 4.80. The molecule has 0 unspecified atom stereocenters. The van der Waals surface area contributed by atoms with Crippen LogP contribution in [0.1, 0.15) is 19.3 Å². The van der Waals surface area contributed by atoms with Crippen LogP contribution in [-0.2, 0) is 0 Å². The molecule has 0 aromatic carbocycles. The SMILES string of the molecule is CNCC12CC(C1)C2. The first-order valence-electron chi connectivity index (χ1n) is 3.49. The van der Waals surface area contributed by atoms with Crippen LogP contribution in [0.2, 0.25) is 0 Å². The molecule has 0 saturated heterocycles. The van der Waals surface area contributed by atoms with Crippen molar-refractivity contribution in [3.63, 3.8) is 0 Å². The zero-order chi connectivity index (χ0) is 5.61. The maximum atomic E-state index is 3.25. The molecule has 46 valence electrons. The highest BCUT2D eigenvalue weighted by Crippen LogP contribution is 2.63. The predicted octanol–water partition coefficient (Wildman–Crippen LogP) is 1.01. The van der Waals surface area contributed by atoms with E-state index in [2.05, 4.69) is 12.4 Å². The van der Waals surface area contributed by atoms with Crippen molar-refractivity contribution in [2.45, 2.75) is 19.3 Å². The van der Waals surface area contributed by atoms with E-state index in [4.69, 9.17) is 0 Å². The fourth-order valence-electron chi connectivity index (χ4n) is 2.25. The summed E-state index contributed by atoms with van der Waals surface area (Å²) >= 11 is 0. The molecule has 8 heavy (non-hydrogen) atoms. The van der Waals surface area contributed by atoms with Gasteiger partial charge in [-0.2, -0.15) is 0 Å². The lowest BCUT2D eigenvalue weighted by Gasteiger charge is -2.62. The van der Waals surface area contributed by atoms with Gasteiger partial charge < -0.3 is 5.32 Å². The standard InChI is InChI=1S/C7H13N/c1-8-5-7-2-6(3-7)4-7/h6,8H,2-5H2,1H3. The van der Waals surface area contributed by atoms with Gasteiger partial charge in [0.15, 0.2) is 0 Å². The molecule has 0 aromatic rings. The maximum absolute atomic E-state index is 3.25. The van der Waals surface area contributed by atoms with Crippen LogP contribution in [0.3, 0.4) is 0 Å². The average molecular weight is 111 g/mol. The second-order valence-corrected chi connectivity index (χ2v) is 3.51. The highest BCUT2D eigenvalue weighted by atomic mass is 14.9. The molecule has 0 aliphatic heterocycles. The summed E-state index contributed by atoms with van der Waals surface area (Å²) in [5.74, 6) is 1.14. The average Bonchev–Trinajstić information content (AvgIpc) is 1.50. The summed E-state index contributed by atoms with van der Waals surface area (Å²) in [5, 5.41) is 3.25. The van der Waals surface area contributed by atoms with Gasteiger partial charge in [0, 0.05) is 6.54 Å². The summed E-state index contributed by atoms with van der Waals surface area (Å²) in [6.45, 7) is 1.27. The van der Waals surface area contributed by atoms with Gasteiger partial charge in [-0.05, 0) is 37.6 Å². The summed E-state index contributed by atoms with van der Waals surface area (Å²) in [7, 11) is 2.06. The zero-order valence-electron chi connectivity index (χ0n) is 5.41. The van der Waals surface area contributed by atoms with Gasteiger partial charge in [-0.15, -0.1) is 0 Å². The van der Waals surface area contributed by atoms with Gasteiger partial charge in [-0.1, -0.05) is 0 Å². The summed E-state index contributed by atoms with van der Waals surface area (Å²) in [4.78, 5) is 0. The monoisotopic (exact) mass is 111 g/mol. The smallest absolute Gasteiger partial charge is 0.000511 e. The van der Waals surface area contributed by atoms with Crippen molar-refractivity contribution >= 4 is 0 Å². The Morgan fingerprint density at radius 3 is 2.25 bits per heavy atom. The van der Waals surface area contributed by atoms with Crippen LogP contribution >= 0.6 is 0 Å². The Labute approximate surface area is 50.5 Å². The Balaban J connectivity index is 1.87. The van der Waals surface area contributed by atoms with E-state index in [-0.39, 0.29) is 0 Å².